The van der Waals surface area contributed by atoms with Crippen LogP contribution in [0.1, 0.15) is 81.1 Å². The van der Waals surface area contributed by atoms with Crippen LogP contribution < -0.4 is 5.73 Å². The first-order valence-electron chi connectivity index (χ1n) is 10.7. The van der Waals surface area contributed by atoms with Gasteiger partial charge in [-0.25, -0.2) is 0 Å². The fourth-order valence-electron chi connectivity index (χ4n) is 5.07. The summed E-state index contributed by atoms with van der Waals surface area (Å²) in [4.78, 5) is 14.1. The molecule has 150 valence electrons. The zero-order valence-corrected chi connectivity index (χ0v) is 17.0. The minimum atomic E-state index is -0.399. The van der Waals surface area contributed by atoms with Crippen molar-refractivity contribution in [1.82, 2.24) is 4.90 Å². The molecule has 0 radical (unpaired) electrons. The Morgan fingerprint density at radius 2 is 2.00 bits per heavy atom. The Morgan fingerprint density at radius 3 is 2.67 bits per heavy atom. The number of aliphatic hydroxyl groups is 1. The number of nitrogens with two attached hydrogens (primary N) is 1. The van der Waals surface area contributed by atoms with Gasteiger partial charge >= 0.3 is 0 Å². The molecule has 1 saturated heterocycles. The number of hydrogen-bond acceptors (Lipinski definition) is 3. The molecule has 1 aliphatic carbocycles. The number of carbonyl (C=O) groups is 1. The molecule has 1 saturated carbocycles. The van der Waals surface area contributed by atoms with E-state index in [1.54, 1.807) is 6.07 Å². The molecule has 4 heteroatoms. The summed E-state index contributed by atoms with van der Waals surface area (Å²) in [7, 11) is 0. The lowest BCUT2D eigenvalue weighted by Crippen LogP contribution is -2.47. The molecular formula is C23H36N2O2. The Kier molecular flexibility index (Phi) is 6.27. The molecule has 2 atom stereocenters. The average Bonchev–Trinajstić information content (AvgIpc) is 2.65. The number of primary amides is 1. The maximum absolute atomic E-state index is 11.5. The van der Waals surface area contributed by atoms with Gasteiger partial charge < -0.3 is 15.7 Å². The fraction of sp³-hybridized carbons (Fsp3) is 0.696. The van der Waals surface area contributed by atoms with E-state index in [-0.39, 0.29) is 11.3 Å². The van der Waals surface area contributed by atoms with E-state index < -0.39 is 5.60 Å². The number of likely N-dealkylation sites (tertiary alicyclic amines) is 1. The van der Waals surface area contributed by atoms with Crippen LogP contribution in [0.5, 0.6) is 0 Å². The van der Waals surface area contributed by atoms with Crippen LogP contribution in [0.2, 0.25) is 0 Å². The van der Waals surface area contributed by atoms with Crippen molar-refractivity contribution < 1.29 is 9.90 Å². The first kappa shape index (κ1) is 20.3. The van der Waals surface area contributed by atoms with Crippen LogP contribution in [0.15, 0.2) is 24.3 Å². The molecule has 1 aromatic rings. The van der Waals surface area contributed by atoms with Gasteiger partial charge in [-0.05, 0) is 74.2 Å². The Hall–Kier alpha value is -1.39. The van der Waals surface area contributed by atoms with Gasteiger partial charge in [0.1, 0.15) is 0 Å². The molecule has 3 rings (SSSR count). The van der Waals surface area contributed by atoms with Crippen molar-refractivity contribution in [3.63, 3.8) is 0 Å². The summed E-state index contributed by atoms with van der Waals surface area (Å²) in [6.07, 6.45) is 8.71. The van der Waals surface area contributed by atoms with Crippen LogP contribution in [0.4, 0.5) is 0 Å². The normalized spacial score (nSPS) is 28.8. The molecular weight excluding hydrogens is 336 g/mol. The molecule has 3 N–H and O–H groups in total. The Balaban J connectivity index is 1.55. The van der Waals surface area contributed by atoms with E-state index in [0.717, 1.165) is 51.7 Å². The van der Waals surface area contributed by atoms with Crippen LogP contribution in [0.3, 0.4) is 0 Å². The summed E-state index contributed by atoms with van der Waals surface area (Å²) in [6.45, 7) is 7.84. The highest BCUT2D eigenvalue weighted by atomic mass is 16.3. The van der Waals surface area contributed by atoms with Gasteiger partial charge in [-0.1, -0.05) is 45.2 Å². The first-order valence-corrected chi connectivity index (χ1v) is 10.7. The highest BCUT2D eigenvalue weighted by Crippen LogP contribution is 2.40. The van der Waals surface area contributed by atoms with E-state index in [1.807, 2.05) is 12.1 Å². The quantitative estimate of drug-likeness (QED) is 0.797. The number of amides is 1. The zero-order chi connectivity index (χ0) is 19.5. The largest absolute Gasteiger partial charge is 0.390 e. The maximum atomic E-state index is 11.5. The van der Waals surface area contributed by atoms with E-state index in [4.69, 9.17) is 5.73 Å². The maximum Gasteiger partial charge on any atom is 0.248 e. The van der Waals surface area contributed by atoms with Gasteiger partial charge in [0, 0.05) is 12.1 Å². The molecule has 1 aromatic carbocycles. The molecule has 27 heavy (non-hydrogen) atoms. The molecule has 1 aliphatic heterocycles. The van der Waals surface area contributed by atoms with Gasteiger partial charge in [-0.15, -0.1) is 0 Å². The molecule has 2 fully saturated rings. The third-order valence-corrected chi connectivity index (χ3v) is 7.27. The number of nitrogens with zero attached hydrogens (tertiary/aromatic N) is 1. The van der Waals surface area contributed by atoms with Gasteiger partial charge in [0.25, 0.3) is 0 Å². The number of piperidine rings is 1. The Bertz CT molecular complexity index is 654. The van der Waals surface area contributed by atoms with Crippen LogP contribution in [-0.4, -0.2) is 41.1 Å². The summed E-state index contributed by atoms with van der Waals surface area (Å²) in [5, 5.41) is 10.7. The van der Waals surface area contributed by atoms with Crippen LogP contribution in [0.25, 0.3) is 0 Å². The van der Waals surface area contributed by atoms with Gasteiger partial charge in [-0.2, -0.15) is 0 Å². The Morgan fingerprint density at radius 1 is 1.26 bits per heavy atom. The Labute approximate surface area is 164 Å². The lowest BCUT2D eigenvalue weighted by Gasteiger charge is -2.45. The fourth-order valence-corrected chi connectivity index (χ4v) is 5.07. The van der Waals surface area contributed by atoms with E-state index >= 15 is 0 Å². The third-order valence-electron chi connectivity index (χ3n) is 7.27. The molecule has 2 aliphatic rings. The molecule has 0 unspecified atom stereocenters. The number of rotatable bonds is 6. The first-order chi connectivity index (χ1) is 12.8. The SMILES string of the molecule is C[C@H]1CN(CCCC2(O)CCCCC2)CC[C@@]1(C)c1cccc(C(N)=O)c1. The minimum absolute atomic E-state index is 0.0729. The second kappa shape index (κ2) is 8.32. The molecule has 4 nitrogen and oxygen atoms in total. The van der Waals surface area contributed by atoms with Crippen molar-refractivity contribution in [1.29, 1.82) is 0 Å². The number of benzene rings is 1. The third kappa shape index (κ3) is 4.72. The molecule has 1 amide bonds. The minimum Gasteiger partial charge on any atom is -0.390 e. The lowest BCUT2D eigenvalue weighted by atomic mass is 9.67. The highest BCUT2D eigenvalue weighted by molar-refractivity contribution is 5.92. The summed E-state index contributed by atoms with van der Waals surface area (Å²) >= 11 is 0. The van der Waals surface area contributed by atoms with Crippen molar-refractivity contribution >= 4 is 5.91 Å². The zero-order valence-electron chi connectivity index (χ0n) is 17.0. The van der Waals surface area contributed by atoms with Crippen molar-refractivity contribution in [3.05, 3.63) is 35.4 Å². The van der Waals surface area contributed by atoms with Crippen LogP contribution in [0, 0.1) is 5.92 Å². The summed E-state index contributed by atoms with van der Waals surface area (Å²) in [6, 6.07) is 7.86. The van der Waals surface area contributed by atoms with E-state index in [9.17, 15) is 9.90 Å². The lowest BCUT2D eigenvalue weighted by molar-refractivity contribution is -0.00895. The molecule has 0 bridgehead atoms. The summed E-state index contributed by atoms with van der Waals surface area (Å²) in [5.41, 5.74) is 6.97. The summed E-state index contributed by atoms with van der Waals surface area (Å²) < 4.78 is 0. The van der Waals surface area contributed by atoms with Gasteiger partial charge in [-0.3, -0.25) is 4.79 Å². The number of hydrogen-bond donors (Lipinski definition) is 2. The monoisotopic (exact) mass is 372 g/mol. The van der Waals surface area contributed by atoms with Crippen molar-refractivity contribution in [3.8, 4) is 0 Å². The van der Waals surface area contributed by atoms with Crippen LogP contribution in [-0.2, 0) is 5.41 Å². The van der Waals surface area contributed by atoms with Gasteiger partial charge in [0.2, 0.25) is 5.91 Å². The topological polar surface area (TPSA) is 66.6 Å². The molecule has 0 aromatic heterocycles. The number of carbonyl (C=O) groups excluding carboxylic acids is 1. The average molecular weight is 373 g/mol. The van der Waals surface area contributed by atoms with E-state index in [1.165, 1.54) is 24.8 Å². The van der Waals surface area contributed by atoms with E-state index in [0.29, 0.717) is 11.5 Å². The smallest absolute Gasteiger partial charge is 0.248 e. The summed E-state index contributed by atoms with van der Waals surface area (Å²) in [5.74, 6) is 0.151. The predicted octanol–water partition coefficient (Wildman–Crippen LogP) is 3.86. The van der Waals surface area contributed by atoms with E-state index in [2.05, 4.69) is 24.8 Å². The highest BCUT2D eigenvalue weighted by Gasteiger charge is 2.38. The van der Waals surface area contributed by atoms with Gasteiger partial charge in [0.15, 0.2) is 0 Å². The van der Waals surface area contributed by atoms with Crippen molar-refractivity contribution in [2.45, 2.75) is 76.2 Å². The standard InChI is InChI=1S/C23H36N2O2/c1-18-17-25(14-7-12-23(27)10-4-3-5-11-23)15-13-22(18,2)20-9-6-8-19(16-20)21(24)26/h6,8-9,16,18,27H,3-5,7,10-15,17H2,1-2H3,(H2,24,26)/t18-,22+/m0/s1. The molecule has 1 heterocycles. The predicted molar refractivity (Wildman–Crippen MR) is 110 cm³/mol. The second-order valence-electron chi connectivity index (χ2n) is 9.20. The second-order valence-corrected chi connectivity index (χ2v) is 9.20. The van der Waals surface area contributed by atoms with Crippen molar-refractivity contribution in [2.75, 3.05) is 19.6 Å². The van der Waals surface area contributed by atoms with Crippen LogP contribution >= 0.6 is 0 Å². The van der Waals surface area contributed by atoms with Gasteiger partial charge in [0.05, 0.1) is 5.60 Å². The van der Waals surface area contributed by atoms with Crippen molar-refractivity contribution in [2.24, 2.45) is 11.7 Å². The molecule has 0 spiro atoms.